The molecule has 3 heterocycles. The third kappa shape index (κ3) is 5.25. The molecule has 1 aromatic heterocycles. The van der Waals surface area contributed by atoms with Gasteiger partial charge >= 0.3 is 0 Å². The normalized spacial score (nSPS) is 19.4. The number of carbonyl (C=O) groups excluding carboxylic acids is 1. The van der Waals surface area contributed by atoms with Crippen LogP contribution in [0.2, 0.25) is 0 Å². The molecule has 0 bridgehead atoms. The molecule has 2 aliphatic rings. The summed E-state index contributed by atoms with van der Waals surface area (Å²) in [6, 6.07) is 17.1. The summed E-state index contributed by atoms with van der Waals surface area (Å²) in [6.45, 7) is 4.73. The minimum absolute atomic E-state index is 0.0429. The lowest BCUT2D eigenvalue weighted by Gasteiger charge is -2.33. The van der Waals surface area contributed by atoms with Gasteiger partial charge < -0.3 is 10.2 Å². The zero-order valence-corrected chi connectivity index (χ0v) is 21.6. The molecule has 0 spiro atoms. The van der Waals surface area contributed by atoms with Crippen LogP contribution in [-0.4, -0.2) is 49.8 Å². The average molecular weight is 507 g/mol. The highest BCUT2D eigenvalue weighted by Gasteiger charge is 2.28. The quantitative estimate of drug-likeness (QED) is 0.518. The van der Waals surface area contributed by atoms with Gasteiger partial charge in [0.05, 0.1) is 16.3 Å². The number of aromatic nitrogens is 1. The van der Waals surface area contributed by atoms with Crippen LogP contribution < -0.4 is 10.2 Å². The van der Waals surface area contributed by atoms with E-state index >= 15 is 0 Å². The maximum atomic E-state index is 13.1. The summed E-state index contributed by atoms with van der Waals surface area (Å²) in [5.41, 5.74) is 2.80. The number of hydrogen-bond donors (Lipinski definition) is 1. The van der Waals surface area contributed by atoms with Gasteiger partial charge in [0.15, 0.2) is 0 Å². The van der Waals surface area contributed by atoms with E-state index in [-0.39, 0.29) is 11.8 Å². The molecule has 1 amide bonds. The van der Waals surface area contributed by atoms with Gasteiger partial charge in [0, 0.05) is 37.3 Å². The van der Waals surface area contributed by atoms with Gasteiger partial charge in [0.2, 0.25) is 15.9 Å². The Bertz CT molecular complexity index is 1350. The number of pyridine rings is 1. The highest BCUT2D eigenvalue weighted by molar-refractivity contribution is 7.89. The largest absolute Gasteiger partial charge is 0.356 e. The summed E-state index contributed by atoms with van der Waals surface area (Å²) >= 11 is 0. The molecule has 1 atom stereocenters. The van der Waals surface area contributed by atoms with Gasteiger partial charge in [0.25, 0.3) is 0 Å². The van der Waals surface area contributed by atoms with E-state index in [1.165, 1.54) is 5.56 Å². The van der Waals surface area contributed by atoms with Crippen LogP contribution in [0.3, 0.4) is 0 Å². The summed E-state index contributed by atoms with van der Waals surface area (Å²) in [5, 5.41) is 3.89. The average Bonchev–Trinajstić information content (AvgIpc) is 2.93. The van der Waals surface area contributed by atoms with E-state index in [1.807, 2.05) is 30.3 Å². The molecule has 2 fully saturated rings. The molecule has 7 nitrogen and oxygen atoms in total. The highest BCUT2D eigenvalue weighted by atomic mass is 32.2. The summed E-state index contributed by atoms with van der Waals surface area (Å²) < 4.78 is 27.7. The van der Waals surface area contributed by atoms with E-state index < -0.39 is 10.0 Å². The van der Waals surface area contributed by atoms with E-state index in [9.17, 15) is 13.2 Å². The number of amides is 1. The summed E-state index contributed by atoms with van der Waals surface area (Å²) in [7, 11) is -3.48. The zero-order chi connectivity index (χ0) is 25.1. The Morgan fingerprint density at radius 1 is 1.00 bits per heavy atom. The minimum Gasteiger partial charge on any atom is -0.356 e. The molecule has 0 aliphatic carbocycles. The van der Waals surface area contributed by atoms with Crippen molar-refractivity contribution in [1.82, 2.24) is 9.29 Å². The molecule has 2 saturated heterocycles. The molecule has 8 heteroatoms. The first kappa shape index (κ1) is 24.7. The van der Waals surface area contributed by atoms with Crippen LogP contribution in [-0.2, 0) is 21.2 Å². The monoisotopic (exact) mass is 506 g/mol. The minimum atomic E-state index is -3.48. The fraction of sp³-hybridized carbons (Fsp3) is 0.429. The lowest BCUT2D eigenvalue weighted by Crippen LogP contribution is -2.41. The zero-order valence-electron chi connectivity index (χ0n) is 20.8. The number of anilines is 2. The van der Waals surface area contributed by atoms with E-state index in [1.54, 1.807) is 22.5 Å². The van der Waals surface area contributed by atoms with Gasteiger partial charge in [-0.3, -0.25) is 4.79 Å². The molecule has 0 radical (unpaired) electrons. The molecule has 1 N–H and O–H groups in total. The lowest BCUT2D eigenvalue weighted by atomic mass is 9.97. The third-order valence-electron chi connectivity index (χ3n) is 7.32. The number of hydrogen-bond acceptors (Lipinski definition) is 5. The summed E-state index contributed by atoms with van der Waals surface area (Å²) in [4.78, 5) is 20.3. The summed E-state index contributed by atoms with van der Waals surface area (Å²) in [6.07, 6.45) is 5.61. The Balaban J connectivity index is 1.30. The number of nitrogens with one attached hydrogen (secondary N) is 1. The second-order valence-electron chi connectivity index (χ2n) is 9.82. The fourth-order valence-electron chi connectivity index (χ4n) is 5.20. The van der Waals surface area contributed by atoms with Gasteiger partial charge in [-0.05, 0) is 80.1 Å². The van der Waals surface area contributed by atoms with Crippen molar-refractivity contribution in [2.75, 3.05) is 36.4 Å². The van der Waals surface area contributed by atoms with Crippen LogP contribution in [0.5, 0.6) is 0 Å². The fourth-order valence-corrected chi connectivity index (χ4v) is 6.75. The smallest absolute Gasteiger partial charge is 0.243 e. The van der Waals surface area contributed by atoms with Crippen LogP contribution in [0.25, 0.3) is 10.9 Å². The molecule has 36 heavy (non-hydrogen) atoms. The number of piperidine rings is 2. The molecule has 190 valence electrons. The second-order valence-corrected chi connectivity index (χ2v) is 11.8. The van der Waals surface area contributed by atoms with E-state index in [2.05, 4.69) is 23.2 Å². The van der Waals surface area contributed by atoms with Gasteiger partial charge in [0.1, 0.15) is 5.82 Å². The van der Waals surface area contributed by atoms with Crippen molar-refractivity contribution in [2.45, 2.75) is 50.3 Å². The van der Waals surface area contributed by atoms with Crippen LogP contribution in [0.15, 0.2) is 59.5 Å². The summed E-state index contributed by atoms with van der Waals surface area (Å²) in [5.74, 6) is 0.750. The van der Waals surface area contributed by atoms with Crippen molar-refractivity contribution in [3.63, 3.8) is 0 Å². The van der Waals surface area contributed by atoms with Crippen molar-refractivity contribution < 1.29 is 13.2 Å². The van der Waals surface area contributed by atoms with Gasteiger partial charge in [-0.25, -0.2) is 13.4 Å². The maximum absolute atomic E-state index is 13.1. The Morgan fingerprint density at radius 3 is 2.64 bits per heavy atom. The van der Waals surface area contributed by atoms with Crippen molar-refractivity contribution in [3.8, 4) is 0 Å². The number of benzene rings is 2. The van der Waals surface area contributed by atoms with Gasteiger partial charge in [-0.2, -0.15) is 4.31 Å². The van der Waals surface area contributed by atoms with Gasteiger partial charge in [-0.1, -0.05) is 25.5 Å². The van der Waals surface area contributed by atoms with Crippen LogP contribution in [0.4, 0.5) is 11.5 Å². The topological polar surface area (TPSA) is 82.6 Å². The molecule has 0 saturated carbocycles. The molecular weight excluding hydrogens is 472 g/mol. The van der Waals surface area contributed by atoms with Gasteiger partial charge in [-0.15, -0.1) is 0 Å². The first-order chi connectivity index (χ1) is 17.4. The SMILES string of the molecule is CCc1cccc(NC(=O)[C@H]2CCCN(c3ccc4cc(S(=O)(=O)N5CCCCC5)ccc4n3)C2)c1. The molecule has 0 unspecified atom stereocenters. The molecule has 5 rings (SSSR count). The Kier molecular flexibility index (Phi) is 7.25. The first-order valence-corrected chi connectivity index (χ1v) is 14.4. The number of fused-ring (bicyclic) bond motifs is 1. The maximum Gasteiger partial charge on any atom is 0.243 e. The third-order valence-corrected chi connectivity index (χ3v) is 9.21. The van der Waals surface area contributed by atoms with Crippen LogP contribution >= 0.6 is 0 Å². The predicted molar refractivity (Wildman–Crippen MR) is 144 cm³/mol. The Hall–Kier alpha value is -2.97. The highest BCUT2D eigenvalue weighted by Crippen LogP contribution is 2.28. The molecule has 2 aliphatic heterocycles. The van der Waals surface area contributed by atoms with E-state index in [4.69, 9.17) is 4.98 Å². The molecular formula is C28H34N4O3S. The van der Waals surface area contributed by atoms with Crippen LogP contribution in [0, 0.1) is 5.92 Å². The number of aryl methyl sites for hydroxylation is 1. The van der Waals surface area contributed by atoms with Crippen molar-refractivity contribution in [2.24, 2.45) is 5.92 Å². The number of rotatable bonds is 6. The van der Waals surface area contributed by atoms with Crippen molar-refractivity contribution in [1.29, 1.82) is 0 Å². The predicted octanol–water partition coefficient (Wildman–Crippen LogP) is 4.83. The first-order valence-electron chi connectivity index (χ1n) is 13.0. The number of nitrogens with zero attached hydrogens (tertiary/aromatic N) is 3. The number of carbonyl (C=O) groups is 1. The van der Waals surface area contributed by atoms with Crippen molar-refractivity contribution >= 4 is 38.3 Å². The van der Waals surface area contributed by atoms with Crippen LogP contribution in [0.1, 0.15) is 44.6 Å². The number of sulfonamides is 1. The van der Waals surface area contributed by atoms with Crippen molar-refractivity contribution in [3.05, 3.63) is 60.2 Å². The Morgan fingerprint density at radius 2 is 1.83 bits per heavy atom. The second kappa shape index (κ2) is 10.6. The standard InChI is InChI=1S/C28H34N4O3S/c1-2-21-8-6-10-24(18-21)29-28(33)23-9-7-15-31(20-23)27-14-11-22-19-25(12-13-26(22)30-27)36(34,35)32-16-4-3-5-17-32/h6,8,10-14,18-19,23H,2-5,7,9,15-17,20H2,1H3,(H,29,33)/t23-/m0/s1. The van der Waals surface area contributed by atoms with E-state index in [0.717, 1.165) is 67.5 Å². The molecule has 2 aromatic carbocycles. The lowest BCUT2D eigenvalue weighted by molar-refractivity contribution is -0.120. The Labute approximate surface area is 213 Å². The molecule has 3 aromatic rings. The van der Waals surface area contributed by atoms with E-state index in [0.29, 0.717) is 24.5 Å².